The lowest BCUT2D eigenvalue weighted by Crippen LogP contribution is -2.49. The molecule has 1 aromatic carbocycles. The number of amides is 1. The van der Waals surface area contributed by atoms with E-state index in [4.69, 9.17) is 16.3 Å². The Morgan fingerprint density at radius 1 is 1.14 bits per heavy atom. The molecule has 2 saturated heterocycles. The molecule has 3 fully saturated rings. The van der Waals surface area contributed by atoms with Gasteiger partial charge in [-0.05, 0) is 37.0 Å². The van der Waals surface area contributed by atoms with Crippen LogP contribution < -0.4 is 10.6 Å². The number of fused-ring (bicyclic) bond motifs is 1. The molecule has 2 N–H and O–H groups in total. The van der Waals surface area contributed by atoms with Crippen molar-refractivity contribution in [3.63, 3.8) is 0 Å². The van der Waals surface area contributed by atoms with E-state index in [1.807, 2.05) is 29.2 Å². The smallest absolute Gasteiger partial charge is 0.410 e. The molecule has 2 heterocycles. The van der Waals surface area contributed by atoms with Crippen molar-refractivity contribution in [3.05, 3.63) is 34.9 Å². The topological polar surface area (TPSA) is 53.6 Å². The molecule has 0 radical (unpaired) electrons. The van der Waals surface area contributed by atoms with E-state index >= 15 is 0 Å². The highest BCUT2D eigenvalue weighted by molar-refractivity contribution is 6.30. The third-order valence-electron chi connectivity index (χ3n) is 5.11. The highest BCUT2D eigenvalue weighted by Gasteiger charge is 2.43. The van der Waals surface area contributed by atoms with E-state index in [-0.39, 0.29) is 18.2 Å². The van der Waals surface area contributed by atoms with Gasteiger partial charge in [0.25, 0.3) is 0 Å². The second kappa shape index (κ2) is 5.72. The fraction of sp³-hybridized carbons (Fsp3) is 0.562. The SMILES string of the molecule is O=C1OC[C@H](c2ccc(Cl)cc2)N1C1CCC2NCNC2C1. The molecular weight excluding hydrogens is 302 g/mol. The van der Waals surface area contributed by atoms with E-state index in [0.717, 1.165) is 31.5 Å². The van der Waals surface area contributed by atoms with Crippen LogP contribution in [0.15, 0.2) is 24.3 Å². The van der Waals surface area contributed by atoms with Crippen LogP contribution in [-0.4, -0.2) is 42.4 Å². The normalized spacial score (nSPS) is 34.6. The predicted octanol–water partition coefficient (Wildman–Crippen LogP) is 2.27. The number of ether oxygens (including phenoxy) is 1. The summed E-state index contributed by atoms with van der Waals surface area (Å²) in [6, 6.07) is 8.97. The molecule has 4 rings (SSSR count). The average Bonchev–Trinajstić information content (AvgIpc) is 3.13. The monoisotopic (exact) mass is 321 g/mol. The van der Waals surface area contributed by atoms with Crippen molar-refractivity contribution in [1.29, 1.82) is 0 Å². The number of carbonyl (C=O) groups excluding carboxylic acids is 1. The first kappa shape index (κ1) is 14.3. The minimum atomic E-state index is -0.186. The van der Waals surface area contributed by atoms with Gasteiger partial charge in [-0.1, -0.05) is 23.7 Å². The summed E-state index contributed by atoms with van der Waals surface area (Å²) in [6.45, 7) is 1.30. The quantitative estimate of drug-likeness (QED) is 0.877. The fourth-order valence-corrected chi connectivity index (χ4v) is 4.10. The van der Waals surface area contributed by atoms with Gasteiger partial charge in [-0.2, -0.15) is 0 Å². The molecule has 1 saturated carbocycles. The van der Waals surface area contributed by atoms with Crippen molar-refractivity contribution in [2.45, 2.75) is 43.4 Å². The van der Waals surface area contributed by atoms with Gasteiger partial charge in [0.15, 0.2) is 0 Å². The first-order chi connectivity index (χ1) is 10.7. The van der Waals surface area contributed by atoms with Gasteiger partial charge < -0.3 is 15.4 Å². The third kappa shape index (κ3) is 2.47. The van der Waals surface area contributed by atoms with Crippen LogP contribution >= 0.6 is 11.6 Å². The lowest BCUT2D eigenvalue weighted by Gasteiger charge is -2.38. The van der Waals surface area contributed by atoms with E-state index in [1.165, 1.54) is 0 Å². The van der Waals surface area contributed by atoms with Crippen LogP contribution in [0.25, 0.3) is 0 Å². The van der Waals surface area contributed by atoms with Gasteiger partial charge in [-0.25, -0.2) is 4.79 Å². The lowest BCUT2D eigenvalue weighted by atomic mass is 9.86. The van der Waals surface area contributed by atoms with Gasteiger partial charge in [-0.3, -0.25) is 4.90 Å². The Balaban J connectivity index is 1.55. The minimum absolute atomic E-state index is 0.000629. The number of rotatable bonds is 2. The summed E-state index contributed by atoms with van der Waals surface area (Å²) in [5.74, 6) is 0. The standard InChI is InChI=1S/C16H20ClN3O2/c17-11-3-1-10(2-4-11)15-8-22-16(21)20(15)12-5-6-13-14(7-12)19-9-18-13/h1-4,12-15,18-19H,5-9H2/t12?,13?,14?,15-/m1/s1. The zero-order chi connectivity index (χ0) is 15.1. The van der Waals surface area contributed by atoms with Crippen LogP contribution in [0.4, 0.5) is 4.79 Å². The Morgan fingerprint density at radius 2 is 1.91 bits per heavy atom. The van der Waals surface area contributed by atoms with E-state index in [9.17, 15) is 4.79 Å². The summed E-state index contributed by atoms with van der Waals surface area (Å²) < 4.78 is 5.35. The summed E-state index contributed by atoms with van der Waals surface area (Å²) in [5.41, 5.74) is 1.09. The fourth-order valence-electron chi connectivity index (χ4n) is 3.97. The number of halogens is 1. The number of carbonyl (C=O) groups is 1. The van der Waals surface area contributed by atoms with Gasteiger partial charge >= 0.3 is 6.09 Å². The van der Waals surface area contributed by atoms with Gasteiger partial charge in [-0.15, -0.1) is 0 Å². The highest BCUT2D eigenvalue weighted by atomic mass is 35.5. The van der Waals surface area contributed by atoms with Crippen LogP contribution in [0.5, 0.6) is 0 Å². The van der Waals surface area contributed by atoms with Crippen LogP contribution in [0.2, 0.25) is 5.02 Å². The lowest BCUT2D eigenvalue weighted by molar-refractivity contribution is 0.124. The molecule has 4 atom stereocenters. The molecule has 2 aliphatic heterocycles. The molecule has 0 spiro atoms. The number of nitrogens with one attached hydrogen (secondary N) is 2. The second-order valence-corrected chi connectivity index (χ2v) is 6.75. The summed E-state index contributed by atoms with van der Waals surface area (Å²) in [5, 5.41) is 7.66. The molecule has 6 heteroatoms. The van der Waals surface area contributed by atoms with Crippen molar-refractivity contribution in [2.75, 3.05) is 13.3 Å². The average molecular weight is 322 g/mol. The maximum Gasteiger partial charge on any atom is 0.410 e. The Labute approximate surface area is 135 Å². The molecule has 0 bridgehead atoms. The van der Waals surface area contributed by atoms with Crippen molar-refractivity contribution >= 4 is 17.7 Å². The number of hydrogen-bond donors (Lipinski definition) is 2. The van der Waals surface area contributed by atoms with Crippen molar-refractivity contribution in [3.8, 4) is 0 Å². The molecule has 1 aromatic rings. The van der Waals surface area contributed by atoms with Gasteiger partial charge in [0.2, 0.25) is 0 Å². The van der Waals surface area contributed by atoms with E-state index in [1.54, 1.807) is 0 Å². The summed E-state index contributed by atoms with van der Waals surface area (Å²) >= 11 is 5.97. The van der Waals surface area contributed by atoms with E-state index in [0.29, 0.717) is 23.7 Å². The molecule has 1 amide bonds. The summed E-state index contributed by atoms with van der Waals surface area (Å²) in [7, 11) is 0. The van der Waals surface area contributed by atoms with Crippen LogP contribution in [-0.2, 0) is 4.74 Å². The van der Waals surface area contributed by atoms with E-state index < -0.39 is 0 Å². The Hall–Kier alpha value is -1.30. The van der Waals surface area contributed by atoms with Crippen molar-refractivity contribution in [2.24, 2.45) is 0 Å². The Kier molecular flexibility index (Phi) is 3.72. The third-order valence-corrected chi connectivity index (χ3v) is 5.36. The molecule has 5 nitrogen and oxygen atoms in total. The Morgan fingerprint density at radius 3 is 2.73 bits per heavy atom. The number of cyclic esters (lactones) is 1. The molecule has 3 unspecified atom stereocenters. The zero-order valence-electron chi connectivity index (χ0n) is 12.3. The molecule has 118 valence electrons. The van der Waals surface area contributed by atoms with Crippen LogP contribution in [0.3, 0.4) is 0 Å². The summed E-state index contributed by atoms with van der Waals surface area (Å²) in [6.07, 6.45) is 2.92. The van der Waals surface area contributed by atoms with Crippen molar-refractivity contribution in [1.82, 2.24) is 15.5 Å². The Bertz CT molecular complexity index is 565. The van der Waals surface area contributed by atoms with Crippen LogP contribution in [0.1, 0.15) is 30.9 Å². The van der Waals surface area contributed by atoms with Gasteiger partial charge in [0.05, 0.1) is 6.04 Å². The minimum Gasteiger partial charge on any atom is -0.447 e. The van der Waals surface area contributed by atoms with Crippen LogP contribution in [0, 0.1) is 0 Å². The van der Waals surface area contributed by atoms with E-state index in [2.05, 4.69) is 10.6 Å². The number of nitrogens with zero attached hydrogens (tertiary/aromatic N) is 1. The molecule has 3 aliphatic rings. The first-order valence-electron chi connectivity index (χ1n) is 7.89. The van der Waals surface area contributed by atoms with Gasteiger partial charge in [0.1, 0.15) is 6.61 Å². The predicted molar refractivity (Wildman–Crippen MR) is 83.7 cm³/mol. The second-order valence-electron chi connectivity index (χ2n) is 6.32. The highest BCUT2D eigenvalue weighted by Crippen LogP contribution is 2.36. The molecule has 22 heavy (non-hydrogen) atoms. The zero-order valence-corrected chi connectivity index (χ0v) is 13.1. The van der Waals surface area contributed by atoms with Crippen molar-refractivity contribution < 1.29 is 9.53 Å². The molecular formula is C16H20ClN3O2. The number of hydrogen-bond acceptors (Lipinski definition) is 4. The largest absolute Gasteiger partial charge is 0.447 e. The number of benzene rings is 1. The summed E-state index contributed by atoms with van der Waals surface area (Å²) in [4.78, 5) is 14.2. The van der Waals surface area contributed by atoms with Gasteiger partial charge in [0, 0.05) is 29.8 Å². The first-order valence-corrected chi connectivity index (χ1v) is 8.27. The molecule has 1 aliphatic carbocycles. The maximum atomic E-state index is 12.3. The maximum absolute atomic E-state index is 12.3. The molecule has 0 aromatic heterocycles.